The van der Waals surface area contributed by atoms with Crippen molar-refractivity contribution >= 4 is 5.91 Å². The van der Waals surface area contributed by atoms with Gasteiger partial charge in [-0.15, -0.1) is 0 Å². The molecule has 1 aliphatic carbocycles. The van der Waals surface area contributed by atoms with Crippen LogP contribution in [0.25, 0.3) is 0 Å². The Bertz CT molecular complexity index is 276. The Balaban J connectivity index is 1.73. The zero-order valence-corrected chi connectivity index (χ0v) is 12.7. The maximum atomic E-state index is 11.3. The Morgan fingerprint density at radius 2 is 1.63 bits per heavy atom. The van der Waals surface area contributed by atoms with Crippen molar-refractivity contribution in [3.63, 3.8) is 0 Å². The van der Waals surface area contributed by atoms with E-state index in [1.165, 1.54) is 38.5 Å². The van der Waals surface area contributed by atoms with Gasteiger partial charge in [-0.2, -0.15) is 0 Å². The van der Waals surface area contributed by atoms with E-state index in [1.54, 1.807) is 6.92 Å². The molecule has 0 aromatic rings. The van der Waals surface area contributed by atoms with Crippen LogP contribution >= 0.6 is 0 Å². The van der Waals surface area contributed by atoms with Gasteiger partial charge in [0.1, 0.15) is 0 Å². The van der Waals surface area contributed by atoms with Gasteiger partial charge in [-0.05, 0) is 38.5 Å². The molecular formula is C16H30N2O. The lowest BCUT2D eigenvalue weighted by molar-refractivity contribution is -0.129. The van der Waals surface area contributed by atoms with E-state index in [-0.39, 0.29) is 5.91 Å². The van der Waals surface area contributed by atoms with Crippen LogP contribution in [0.4, 0.5) is 0 Å². The minimum atomic E-state index is 0.232. The molecule has 1 heterocycles. The molecule has 0 bridgehead atoms. The van der Waals surface area contributed by atoms with E-state index < -0.39 is 0 Å². The summed E-state index contributed by atoms with van der Waals surface area (Å²) in [4.78, 5) is 13.3. The lowest BCUT2D eigenvalue weighted by Crippen LogP contribution is -2.48. The van der Waals surface area contributed by atoms with E-state index in [1.807, 2.05) is 4.90 Å². The summed E-state index contributed by atoms with van der Waals surface area (Å²) in [5.74, 6) is 1.10. The third kappa shape index (κ3) is 4.48. The Morgan fingerprint density at radius 3 is 2.16 bits per heavy atom. The number of hydrogen-bond donors (Lipinski definition) is 1. The molecule has 3 nitrogen and oxygen atoms in total. The quantitative estimate of drug-likeness (QED) is 0.797. The summed E-state index contributed by atoms with van der Waals surface area (Å²) < 4.78 is 0. The number of carbonyl (C=O) groups excluding carboxylic acids is 1. The predicted molar refractivity (Wildman–Crippen MR) is 79.1 cm³/mol. The van der Waals surface area contributed by atoms with Crippen molar-refractivity contribution in [2.45, 2.75) is 77.3 Å². The molecule has 0 aromatic heterocycles. The van der Waals surface area contributed by atoms with E-state index in [9.17, 15) is 4.79 Å². The summed E-state index contributed by atoms with van der Waals surface area (Å²) >= 11 is 0. The summed E-state index contributed by atoms with van der Waals surface area (Å²) in [6.07, 6.45) is 10.7. The van der Waals surface area contributed by atoms with Gasteiger partial charge in [0.15, 0.2) is 0 Å². The van der Waals surface area contributed by atoms with E-state index in [2.05, 4.69) is 12.2 Å². The normalized spacial score (nSPS) is 25.1. The third-order valence-corrected chi connectivity index (χ3v) is 5.05. The number of hydrogen-bond acceptors (Lipinski definition) is 2. The van der Waals surface area contributed by atoms with Crippen LogP contribution in [0.5, 0.6) is 0 Å². The fourth-order valence-corrected chi connectivity index (χ4v) is 3.68. The van der Waals surface area contributed by atoms with Crippen LogP contribution in [0.3, 0.4) is 0 Å². The van der Waals surface area contributed by atoms with E-state index >= 15 is 0 Å². The molecule has 1 amide bonds. The number of rotatable bonds is 3. The molecule has 0 radical (unpaired) electrons. The number of amides is 1. The molecule has 0 spiro atoms. The molecule has 3 heteroatoms. The molecule has 110 valence electrons. The highest BCUT2D eigenvalue weighted by Gasteiger charge is 2.25. The second-order valence-electron chi connectivity index (χ2n) is 6.49. The van der Waals surface area contributed by atoms with Crippen LogP contribution in [-0.4, -0.2) is 36.0 Å². The highest BCUT2D eigenvalue weighted by Crippen LogP contribution is 2.26. The molecule has 19 heavy (non-hydrogen) atoms. The van der Waals surface area contributed by atoms with Crippen LogP contribution in [-0.2, 0) is 4.79 Å². The fraction of sp³-hybridized carbons (Fsp3) is 0.938. The standard InChI is InChI=1S/C16H30N2O/c1-13(15-7-5-3-4-6-8-15)17-16-9-11-18(12-10-16)14(2)19/h13,15-17H,3-12H2,1-2H3/t13-/m1/s1. The average molecular weight is 266 g/mol. The Kier molecular flexibility index (Phi) is 5.68. The maximum absolute atomic E-state index is 11.3. The zero-order valence-electron chi connectivity index (χ0n) is 12.7. The summed E-state index contributed by atoms with van der Waals surface area (Å²) in [7, 11) is 0. The van der Waals surface area contributed by atoms with Crippen LogP contribution in [0.15, 0.2) is 0 Å². The molecule has 1 aliphatic heterocycles. The van der Waals surface area contributed by atoms with Gasteiger partial charge < -0.3 is 10.2 Å². The molecule has 0 aromatic carbocycles. The van der Waals surface area contributed by atoms with Crippen molar-refractivity contribution in [3.8, 4) is 0 Å². The van der Waals surface area contributed by atoms with Crippen LogP contribution in [0, 0.1) is 5.92 Å². The number of carbonyl (C=O) groups is 1. The van der Waals surface area contributed by atoms with Crippen molar-refractivity contribution in [3.05, 3.63) is 0 Å². The molecule has 2 aliphatic rings. The van der Waals surface area contributed by atoms with Gasteiger partial charge >= 0.3 is 0 Å². The first-order valence-electron chi connectivity index (χ1n) is 8.18. The smallest absolute Gasteiger partial charge is 0.219 e. The van der Waals surface area contributed by atoms with E-state index in [4.69, 9.17) is 0 Å². The third-order valence-electron chi connectivity index (χ3n) is 5.05. The van der Waals surface area contributed by atoms with Gasteiger partial charge in [0.25, 0.3) is 0 Å². The number of nitrogens with one attached hydrogen (secondary N) is 1. The first-order chi connectivity index (χ1) is 9.16. The first kappa shape index (κ1) is 14.8. The Labute approximate surface area is 118 Å². The minimum Gasteiger partial charge on any atom is -0.343 e. The Hall–Kier alpha value is -0.570. The highest BCUT2D eigenvalue weighted by atomic mass is 16.2. The summed E-state index contributed by atoms with van der Waals surface area (Å²) in [5, 5.41) is 3.84. The van der Waals surface area contributed by atoms with Gasteiger partial charge in [-0.25, -0.2) is 0 Å². The predicted octanol–water partition coefficient (Wildman–Crippen LogP) is 2.95. The second-order valence-corrected chi connectivity index (χ2v) is 6.49. The van der Waals surface area contributed by atoms with Gasteiger partial charge in [0.2, 0.25) is 5.91 Å². The Morgan fingerprint density at radius 1 is 1.05 bits per heavy atom. The maximum Gasteiger partial charge on any atom is 0.219 e. The number of piperidine rings is 1. The monoisotopic (exact) mass is 266 g/mol. The van der Waals surface area contributed by atoms with Crippen LogP contribution < -0.4 is 5.32 Å². The number of likely N-dealkylation sites (tertiary alicyclic amines) is 1. The topological polar surface area (TPSA) is 32.3 Å². The molecular weight excluding hydrogens is 236 g/mol. The van der Waals surface area contributed by atoms with Crippen LogP contribution in [0.2, 0.25) is 0 Å². The number of nitrogens with zero attached hydrogens (tertiary/aromatic N) is 1. The second kappa shape index (κ2) is 7.28. The fourth-order valence-electron chi connectivity index (χ4n) is 3.68. The van der Waals surface area contributed by atoms with Crippen molar-refractivity contribution in [2.75, 3.05) is 13.1 Å². The highest BCUT2D eigenvalue weighted by molar-refractivity contribution is 5.73. The lowest BCUT2D eigenvalue weighted by Gasteiger charge is -2.35. The SMILES string of the molecule is CC(=O)N1CCC(N[C@H](C)C2CCCCCC2)CC1. The molecule has 0 unspecified atom stereocenters. The molecule has 1 atom stereocenters. The van der Waals surface area contributed by atoms with Gasteiger partial charge in [0.05, 0.1) is 0 Å². The van der Waals surface area contributed by atoms with Gasteiger partial charge in [-0.3, -0.25) is 4.79 Å². The lowest BCUT2D eigenvalue weighted by atomic mass is 9.91. The average Bonchev–Trinajstić information content (AvgIpc) is 2.68. The van der Waals surface area contributed by atoms with Crippen molar-refractivity contribution in [2.24, 2.45) is 5.92 Å². The molecule has 2 rings (SSSR count). The summed E-state index contributed by atoms with van der Waals surface area (Å²) in [6, 6.07) is 1.26. The molecule has 1 saturated heterocycles. The van der Waals surface area contributed by atoms with E-state index in [0.717, 1.165) is 31.8 Å². The minimum absolute atomic E-state index is 0.232. The first-order valence-corrected chi connectivity index (χ1v) is 8.18. The van der Waals surface area contributed by atoms with E-state index in [0.29, 0.717) is 12.1 Å². The van der Waals surface area contributed by atoms with Crippen molar-refractivity contribution < 1.29 is 4.79 Å². The van der Waals surface area contributed by atoms with Gasteiger partial charge in [0, 0.05) is 32.1 Å². The summed E-state index contributed by atoms with van der Waals surface area (Å²) in [5.41, 5.74) is 0. The van der Waals surface area contributed by atoms with Gasteiger partial charge in [-0.1, -0.05) is 25.7 Å². The molecule has 1 saturated carbocycles. The largest absolute Gasteiger partial charge is 0.343 e. The molecule has 2 fully saturated rings. The zero-order chi connectivity index (χ0) is 13.7. The summed E-state index contributed by atoms with van der Waals surface area (Å²) in [6.45, 7) is 5.92. The molecule has 1 N–H and O–H groups in total. The van der Waals surface area contributed by atoms with Crippen LogP contribution in [0.1, 0.15) is 65.2 Å². The van der Waals surface area contributed by atoms with Crippen molar-refractivity contribution in [1.29, 1.82) is 0 Å². The van der Waals surface area contributed by atoms with Crippen molar-refractivity contribution in [1.82, 2.24) is 10.2 Å².